The highest BCUT2D eigenvalue weighted by atomic mass is 79.9. The quantitative estimate of drug-likeness (QED) is 0.540. The van der Waals surface area contributed by atoms with Gasteiger partial charge in [0.15, 0.2) is 0 Å². The van der Waals surface area contributed by atoms with E-state index in [0.29, 0.717) is 0 Å². The molecule has 0 spiro atoms. The maximum absolute atomic E-state index is 11.9. The number of hydrogen-bond acceptors (Lipinski definition) is 4. The predicted molar refractivity (Wildman–Crippen MR) is 82.0 cm³/mol. The molecule has 0 saturated carbocycles. The molecule has 0 bridgehead atoms. The first-order chi connectivity index (χ1) is 9.16. The summed E-state index contributed by atoms with van der Waals surface area (Å²) in [5, 5.41) is 0.0711. The first-order valence-corrected chi connectivity index (χ1v) is 9.29. The molecule has 0 fully saturated rings. The van der Waals surface area contributed by atoms with Crippen LogP contribution in [0, 0.1) is 0 Å². The smallest absolute Gasteiger partial charge is 0.338 e. The Labute approximate surface area is 135 Å². The van der Waals surface area contributed by atoms with Crippen LogP contribution in [-0.4, -0.2) is 20.5 Å². The first kappa shape index (κ1) is 17.8. The fourth-order valence-corrected chi connectivity index (χ4v) is 3.96. The zero-order valence-electron chi connectivity index (χ0n) is 10.8. The zero-order valence-corrected chi connectivity index (χ0v) is 14.7. The Bertz CT molecular complexity index is 616. The van der Waals surface area contributed by atoms with Crippen LogP contribution in [0.1, 0.15) is 37.0 Å². The van der Waals surface area contributed by atoms with Gasteiger partial charge in [-0.25, -0.2) is 13.2 Å². The third-order valence-electron chi connectivity index (χ3n) is 2.50. The molecule has 112 valence electrons. The lowest BCUT2D eigenvalue weighted by Crippen LogP contribution is -2.15. The van der Waals surface area contributed by atoms with Crippen molar-refractivity contribution in [3.63, 3.8) is 0 Å². The summed E-state index contributed by atoms with van der Waals surface area (Å²) in [6.45, 7) is 3.74. The molecule has 1 unspecified atom stereocenters. The monoisotopic (exact) mass is 402 g/mol. The van der Waals surface area contributed by atoms with Crippen molar-refractivity contribution < 1.29 is 17.9 Å². The lowest BCUT2D eigenvalue weighted by atomic mass is 10.2. The summed E-state index contributed by atoms with van der Waals surface area (Å²) in [6, 6.07) is 2.47. The lowest BCUT2D eigenvalue weighted by molar-refractivity contribution is 0.0323. The van der Waals surface area contributed by atoms with Crippen molar-refractivity contribution in [1.82, 2.24) is 0 Å². The Morgan fingerprint density at radius 1 is 1.45 bits per heavy atom. The van der Waals surface area contributed by atoms with E-state index in [0.717, 1.165) is 18.9 Å². The molecule has 0 N–H and O–H groups in total. The van der Waals surface area contributed by atoms with E-state index in [2.05, 4.69) is 15.9 Å². The summed E-state index contributed by atoms with van der Waals surface area (Å²) >= 11 is 8.92. The van der Waals surface area contributed by atoms with Gasteiger partial charge in [0, 0.05) is 10.7 Å². The van der Waals surface area contributed by atoms with Gasteiger partial charge in [0.2, 0.25) is 0 Å². The van der Waals surface area contributed by atoms with Crippen molar-refractivity contribution in [2.45, 2.75) is 37.7 Å². The van der Waals surface area contributed by atoms with Crippen LogP contribution in [0.15, 0.2) is 21.5 Å². The van der Waals surface area contributed by atoms with E-state index in [-0.39, 0.29) is 26.1 Å². The topological polar surface area (TPSA) is 60.4 Å². The van der Waals surface area contributed by atoms with E-state index in [1.54, 1.807) is 6.92 Å². The largest absolute Gasteiger partial charge is 0.459 e. The molecule has 0 aliphatic heterocycles. The van der Waals surface area contributed by atoms with Gasteiger partial charge in [-0.3, -0.25) is 0 Å². The number of ether oxygens (including phenoxy) is 1. The van der Waals surface area contributed by atoms with E-state index in [1.165, 1.54) is 6.07 Å². The first-order valence-electron chi connectivity index (χ1n) is 5.81. The molecular weight excluding hydrogens is 391 g/mol. The summed E-state index contributed by atoms with van der Waals surface area (Å²) in [5.74, 6) is -0.637. The number of hydrogen-bond donors (Lipinski definition) is 0. The highest BCUT2D eigenvalue weighted by Gasteiger charge is 2.21. The lowest BCUT2D eigenvalue weighted by Gasteiger charge is -2.13. The molecule has 1 rings (SSSR count). The van der Waals surface area contributed by atoms with Crippen molar-refractivity contribution >= 4 is 53.2 Å². The van der Waals surface area contributed by atoms with Crippen molar-refractivity contribution in [2.75, 3.05) is 0 Å². The Hall–Kier alpha value is -0.300. The average molecular weight is 404 g/mol. The molecule has 0 saturated heterocycles. The van der Waals surface area contributed by atoms with Crippen molar-refractivity contribution in [2.24, 2.45) is 0 Å². The molecule has 0 aromatic heterocycles. The average Bonchev–Trinajstić information content (AvgIpc) is 2.30. The number of halogens is 3. The molecule has 1 aromatic rings. The molecule has 4 nitrogen and oxygen atoms in total. The van der Waals surface area contributed by atoms with E-state index in [1.807, 2.05) is 6.92 Å². The molecular formula is C12H13BrCl2O4S. The molecule has 0 heterocycles. The highest BCUT2D eigenvalue weighted by Crippen LogP contribution is 2.33. The van der Waals surface area contributed by atoms with Crippen LogP contribution in [0.5, 0.6) is 0 Å². The highest BCUT2D eigenvalue weighted by molar-refractivity contribution is 9.10. The Kier molecular flexibility index (Phi) is 6.31. The van der Waals surface area contributed by atoms with E-state index < -0.39 is 15.0 Å². The molecule has 1 aromatic carbocycles. The van der Waals surface area contributed by atoms with Gasteiger partial charge in [0.1, 0.15) is 0 Å². The van der Waals surface area contributed by atoms with Gasteiger partial charge in [-0.2, -0.15) is 0 Å². The minimum Gasteiger partial charge on any atom is -0.459 e. The van der Waals surface area contributed by atoms with Gasteiger partial charge < -0.3 is 4.74 Å². The fraction of sp³-hybridized carbons (Fsp3) is 0.417. The van der Waals surface area contributed by atoms with Crippen LogP contribution in [0.2, 0.25) is 5.02 Å². The van der Waals surface area contributed by atoms with E-state index in [9.17, 15) is 13.2 Å². The standard InChI is InChI=1S/C12H13BrCl2O4S/c1-3-4-7(2)19-12(16)8-5-9(14)11(13)10(6-8)20(15,17)18/h5-7H,3-4H2,1-2H3. The maximum atomic E-state index is 11.9. The molecule has 8 heteroatoms. The van der Waals surface area contributed by atoms with Crippen LogP contribution in [0.3, 0.4) is 0 Å². The number of carbonyl (C=O) groups excluding carboxylic acids is 1. The summed E-state index contributed by atoms with van der Waals surface area (Å²) < 4.78 is 28.2. The minimum absolute atomic E-state index is 0.0420. The third kappa shape index (κ3) is 4.62. The summed E-state index contributed by atoms with van der Waals surface area (Å²) in [6.07, 6.45) is 1.33. The van der Waals surface area contributed by atoms with Crippen molar-refractivity contribution in [3.05, 3.63) is 27.2 Å². The van der Waals surface area contributed by atoms with Crippen LogP contribution in [-0.2, 0) is 13.8 Å². The van der Waals surface area contributed by atoms with Crippen LogP contribution in [0.25, 0.3) is 0 Å². The van der Waals surface area contributed by atoms with Gasteiger partial charge in [-0.1, -0.05) is 24.9 Å². The summed E-state index contributed by atoms with van der Waals surface area (Å²) in [5.41, 5.74) is 0.0420. The number of rotatable bonds is 5. The van der Waals surface area contributed by atoms with E-state index in [4.69, 9.17) is 27.0 Å². The number of benzene rings is 1. The van der Waals surface area contributed by atoms with Gasteiger partial charge in [0.05, 0.1) is 26.1 Å². The predicted octanol–water partition coefficient (Wildman–Crippen LogP) is 4.38. The molecule has 0 amide bonds. The van der Waals surface area contributed by atoms with E-state index >= 15 is 0 Å². The Balaban J connectivity index is 3.15. The second-order valence-electron chi connectivity index (χ2n) is 4.21. The van der Waals surface area contributed by atoms with Crippen molar-refractivity contribution in [3.8, 4) is 0 Å². The second-order valence-corrected chi connectivity index (χ2v) is 7.95. The second kappa shape index (κ2) is 7.11. The summed E-state index contributed by atoms with van der Waals surface area (Å²) in [7, 11) is 1.28. The molecule has 0 radical (unpaired) electrons. The normalized spacial score (nSPS) is 13.1. The SMILES string of the molecule is CCCC(C)OC(=O)c1cc(Cl)c(Br)c(S(=O)(=O)Cl)c1. The fourth-order valence-electron chi connectivity index (χ4n) is 1.58. The zero-order chi connectivity index (χ0) is 15.5. The molecule has 0 aliphatic rings. The van der Waals surface area contributed by atoms with Crippen LogP contribution in [0.4, 0.5) is 0 Å². The van der Waals surface area contributed by atoms with Crippen LogP contribution < -0.4 is 0 Å². The molecule has 1 atom stereocenters. The number of esters is 1. The maximum Gasteiger partial charge on any atom is 0.338 e. The van der Waals surface area contributed by atoms with Crippen LogP contribution >= 0.6 is 38.2 Å². The van der Waals surface area contributed by atoms with Crippen molar-refractivity contribution in [1.29, 1.82) is 0 Å². The minimum atomic E-state index is -4.02. The Morgan fingerprint density at radius 2 is 2.05 bits per heavy atom. The van der Waals surface area contributed by atoms with Gasteiger partial charge in [0.25, 0.3) is 9.05 Å². The molecule has 20 heavy (non-hydrogen) atoms. The van der Waals surface area contributed by atoms with Gasteiger partial charge in [-0.05, 0) is 41.4 Å². The van der Waals surface area contributed by atoms with Gasteiger partial charge in [-0.15, -0.1) is 0 Å². The number of carbonyl (C=O) groups is 1. The third-order valence-corrected chi connectivity index (χ3v) is 5.49. The van der Waals surface area contributed by atoms with Gasteiger partial charge >= 0.3 is 5.97 Å². The Morgan fingerprint density at radius 3 is 2.55 bits per heavy atom. The summed E-state index contributed by atoms with van der Waals surface area (Å²) in [4.78, 5) is 11.7. The molecule has 0 aliphatic carbocycles.